The van der Waals surface area contributed by atoms with Gasteiger partial charge in [0.2, 0.25) is 0 Å². The van der Waals surface area contributed by atoms with E-state index in [-0.39, 0.29) is 11.0 Å². The highest BCUT2D eigenvalue weighted by Crippen LogP contribution is 2.17. The van der Waals surface area contributed by atoms with Gasteiger partial charge in [0.15, 0.2) is 0 Å². The molecular formula is C12H21NO. The van der Waals surface area contributed by atoms with Gasteiger partial charge < -0.3 is 4.57 Å². The van der Waals surface area contributed by atoms with Crippen LogP contribution in [-0.4, -0.2) is 4.57 Å². The number of nitrogens with zero attached hydrogens (tertiary/aromatic N) is 1. The quantitative estimate of drug-likeness (QED) is 0.624. The van der Waals surface area contributed by atoms with Crippen molar-refractivity contribution in [2.45, 2.75) is 40.0 Å². The zero-order valence-electron chi connectivity index (χ0n) is 10.1. The molecule has 0 aliphatic carbocycles. The van der Waals surface area contributed by atoms with Crippen LogP contribution in [0.3, 0.4) is 0 Å². The molecule has 1 rings (SSSR count). The van der Waals surface area contributed by atoms with Crippen LogP contribution in [0.5, 0.6) is 0 Å². The molecule has 0 aromatic carbocycles. The lowest BCUT2D eigenvalue weighted by molar-refractivity contribution is 0.573. The van der Waals surface area contributed by atoms with E-state index in [1.165, 1.54) is 0 Å². The van der Waals surface area contributed by atoms with Crippen molar-refractivity contribution in [1.29, 1.82) is 0 Å². The normalized spacial score (nSPS) is 10.4. The van der Waals surface area contributed by atoms with Crippen molar-refractivity contribution >= 4 is 0 Å². The Morgan fingerprint density at radius 3 is 2.07 bits per heavy atom. The SMILES string of the molecule is CC.Cn1cccc(C(C)(C)C)c1=O. The fourth-order valence-electron chi connectivity index (χ4n) is 1.17. The molecule has 1 aromatic heterocycles. The number of aryl methyl sites for hydroxylation is 1. The Hall–Kier alpha value is -1.05. The second-order valence-corrected chi connectivity index (χ2v) is 4.09. The van der Waals surface area contributed by atoms with E-state index >= 15 is 0 Å². The molecule has 14 heavy (non-hydrogen) atoms. The van der Waals surface area contributed by atoms with E-state index in [0.29, 0.717) is 0 Å². The first kappa shape index (κ1) is 12.9. The fourth-order valence-corrected chi connectivity index (χ4v) is 1.17. The van der Waals surface area contributed by atoms with Crippen LogP contribution in [0.1, 0.15) is 40.2 Å². The van der Waals surface area contributed by atoms with Crippen LogP contribution in [0.25, 0.3) is 0 Å². The maximum Gasteiger partial charge on any atom is 0.253 e. The van der Waals surface area contributed by atoms with Crippen molar-refractivity contribution in [2.75, 3.05) is 0 Å². The summed E-state index contributed by atoms with van der Waals surface area (Å²) in [4.78, 5) is 11.6. The topological polar surface area (TPSA) is 22.0 Å². The number of pyridine rings is 1. The average molecular weight is 195 g/mol. The molecule has 0 N–H and O–H groups in total. The lowest BCUT2D eigenvalue weighted by Crippen LogP contribution is -2.28. The summed E-state index contributed by atoms with van der Waals surface area (Å²) in [7, 11) is 1.78. The van der Waals surface area contributed by atoms with Crippen LogP contribution >= 0.6 is 0 Å². The molecule has 0 aliphatic heterocycles. The summed E-state index contributed by atoms with van der Waals surface area (Å²) in [6.07, 6.45) is 1.78. The van der Waals surface area contributed by atoms with E-state index in [1.54, 1.807) is 17.8 Å². The third-order valence-corrected chi connectivity index (χ3v) is 1.93. The lowest BCUT2D eigenvalue weighted by atomic mass is 9.88. The van der Waals surface area contributed by atoms with Gasteiger partial charge in [0, 0.05) is 18.8 Å². The Morgan fingerprint density at radius 2 is 1.71 bits per heavy atom. The van der Waals surface area contributed by atoms with Crippen LogP contribution < -0.4 is 5.56 Å². The van der Waals surface area contributed by atoms with Crippen LogP contribution in [-0.2, 0) is 12.5 Å². The molecule has 0 fully saturated rings. The van der Waals surface area contributed by atoms with Crippen molar-refractivity contribution in [2.24, 2.45) is 7.05 Å². The highest BCUT2D eigenvalue weighted by molar-refractivity contribution is 5.18. The van der Waals surface area contributed by atoms with Gasteiger partial charge in [-0.05, 0) is 11.5 Å². The first-order valence-corrected chi connectivity index (χ1v) is 5.09. The molecule has 0 aliphatic rings. The molecule has 2 heteroatoms. The molecule has 0 spiro atoms. The molecule has 0 bridgehead atoms. The average Bonchev–Trinajstić information content (AvgIpc) is 2.11. The van der Waals surface area contributed by atoms with E-state index in [9.17, 15) is 4.79 Å². The Bertz CT molecular complexity index is 331. The van der Waals surface area contributed by atoms with Crippen molar-refractivity contribution in [3.05, 3.63) is 34.2 Å². The van der Waals surface area contributed by atoms with Gasteiger partial charge in [0.1, 0.15) is 0 Å². The fraction of sp³-hybridized carbons (Fsp3) is 0.583. The third-order valence-electron chi connectivity index (χ3n) is 1.93. The van der Waals surface area contributed by atoms with Crippen LogP contribution in [0.15, 0.2) is 23.1 Å². The van der Waals surface area contributed by atoms with Crippen molar-refractivity contribution in [1.82, 2.24) is 4.57 Å². The number of hydrogen-bond donors (Lipinski definition) is 0. The molecule has 0 saturated carbocycles. The Kier molecular flexibility index (Phi) is 4.61. The molecule has 0 radical (unpaired) electrons. The molecule has 1 heterocycles. The first-order valence-electron chi connectivity index (χ1n) is 5.09. The Labute approximate surface area is 86.6 Å². The molecule has 0 amide bonds. The van der Waals surface area contributed by atoms with Crippen molar-refractivity contribution in [3.63, 3.8) is 0 Å². The van der Waals surface area contributed by atoms with Gasteiger partial charge in [0.05, 0.1) is 0 Å². The second-order valence-electron chi connectivity index (χ2n) is 4.09. The zero-order chi connectivity index (χ0) is 11.4. The molecule has 0 unspecified atom stereocenters. The Balaban J connectivity index is 0.000000791. The van der Waals surface area contributed by atoms with Gasteiger partial charge in [-0.25, -0.2) is 0 Å². The summed E-state index contributed by atoms with van der Waals surface area (Å²) in [5.41, 5.74) is 0.910. The van der Waals surface area contributed by atoms with Gasteiger partial charge in [-0.3, -0.25) is 4.79 Å². The standard InChI is InChI=1S/C10H15NO.C2H6/c1-10(2,3)8-6-5-7-11(4)9(8)12;1-2/h5-7H,1-4H3;1-2H3. The number of hydrogen-bond acceptors (Lipinski definition) is 1. The van der Waals surface area contributed by atoms with Crippen molar-refractivity contribution < 1.29 is 0 Å². The van der Waals surface area contributed by atoms with Gasteiger partial charge in [-0.1, -0.05) is 40.7 Å². The predicted molar refractivity (Wildman–Crippen MR) is 61.7 cm³/mol. The smallest absolute Gasteiger partial charge is 0.253 e. The van der Waals surface area contributed by atoms with E-state index in [0.717, 1.165) is 5.56 Å². The summed E-state index contributed by atoms with van der Waals surface area (Å²) in [6.45, 7) is 10.1. The van der Waals surface area contributed by atoms with Gasteiger partial charge in [-0.2, -0.15) is 0 Å². The van der Waals surface area contributed by atoms with E-state index in [4.69, 9.17) is 0 Å². The molecular weight excluding hydrogens is 174 g/mol. The summed E-state index contributed by atoms with van der Waals surface area (Å²) in [5.74, 6) is 0. The van der Waals surface area contributed by atoms with E-state index < -0.39 is 0 Å². The summed E-state index contributed by atoms with van der Waals surface area (Å²) >= 11 is 0. The molecule has 0 atom stereocenters. The maximum absolute atomic E-state index is 11.6. The van der Waals surface area contributed by atoms with Crippen molar-refractivity contribution in [3.8, 4) is 0 Å². The minimum Gasteiger partial charge on any atom is -0.318 e. The highest BCUT2D eigenvalue weighted by atomic mass is 16.1. The van der Waals surface area contributed by atoms with Crippen LogP contribution in [0.2, 0.25) is 0 Å². The molecule has 0 saturated heterocycles. The molecule has 80 valence electrons. The zero-order valence-corrected chi connectivity index (χ0v) is 10.1. The minimum atomic E-state index is -0.0594. The summed E-state index contributed by atoms with van der Waals surface area (Å²) < 4.78 is 1.61. The first-order chi connectivity index (χ1) is 6.43. The van der Waals surface area contributed by atoms with Gasteiger partial charge in [0.25, 0.3) is 5.56 Å². The Morgan fingerprint density at radius 1 is 1.21 bits per heavy atom. The van der Waals surface area contributed by atoms with Crippen LogP contribution in [0.4, 0.5) is 0 Å². The third kappa shape index (κ3) is 3.02. The van der Waals surface area contributed by atoms with Gasteiger partial charge >= 0.3 is 0 Å². The number of aromatic nitrogens is 1. The monoisotopic (exact) mass is 195 g/mol. The van der Waals surface area contributed by atoms with E-state index in [2.05, 4.69) is 0 Å². The van der Waals surface area contributed by atoms with E-state index in [1.807, 2.05) is 46.8 Å². The summed E-state index contributed by atoms with van der Waals surface area (Å²) in [6, 6.07) is 3.80. The lowest BCUT2D eigenvalue weighted by Gasteiger charge is -2.18. The second kappa shape index (κ2) is 4.99. The summed E-state index contributed by atoms with van der Waals surface area (Å²) in [5, 5.41) is 0. The predicted octanol–water partition coefficient (Wildman–Crippen LogP) is 2.71. The largest absolute Gasteiger partial charge is 0.318 e. The molecule has 2 nitrogen and oxygen atoms in total. The number of rotatable bonds is 0. The molecule has 1 aromatic rings. The van der Waals surface area contributed by atoms with Gasteiger partial charge in [-0.15, -0.1) is 0 Å². The maximum atomic E-state index is 11.6. The highest BCUT2D eigenvalue weighted by Gasteiger charge is 2.17. The minimum absolute atomic E-state index is 0.0594. The van der Waals surface area contributed by atoms with Crippen LogP contribution in [0, 0.1) is 0 Å².